The van der Waals surface area contributed by atoms with Crippen LogP contribution in [0.2, 0.25) is 0 Å². The quantitative estimate of drug-likeness (QED) is 0.898. The van der Waals surface area contributed by atoms with Crippen LogP contribution in [0.1, 0.15) is 37.7 Å². The van der Waals surface area contributed by atoms with E-state index in [2.05, 4.69) is 0 Å². The summed E-state index contributed by atoms with van der Waals surface area (Å²) >= 11 is 0. The van der Waals surface area contributed by atoms with Crippen molar-refractivity contribution >= 4 is 11.9 Å². The van der Waals surface area contributed by atoms with Crippen molar-refractivity contribution in [3.63, 3.8) is 0 Å². The lowest BCUT2D eigenvalue weighted by atomic mass is 9.88. The van der Waals surface area contributed by atoms with Gasteiger partial charge in [-0.25, -0.2) is 0 Å². The second-order valence-electron chi connectivity index (χ2n) is 5.41. The van der Waals surface area contributed by atoms with E-state index < -0.39 is 5.97 Å². The Hall–Kier alpha value is -1.84. The molecule has 0 bridgehead atoms. The highest BCUT2D eigenvalue weighted by Gasteiger charge is 2.27. The number of carbonyl (C=O) groups is 2. The summed E-state index contributed by atoms with van der Waals surface area (Å²) < 4.78 is 0. The van der Waals surface area contributed by atoms with Gasteiger partial charge in [-0.05, 0) is 18.4 Å². The fourth-order valence-corrected chi connectivity index (χ4v) is 2.79. The minimum absolute atomic E-state index is 0.00375. The molecule has 108 valence electrons. The first-order valence-electron chi connectivity index (χ1n) is 7.21. The number of aliphatic carboxylic acids is 1. The summed E-state index contributed by atoms with van der Waals surface area (Å²) in [5.41, 5.74) is 0.970. The number of carbonyl (C=O) groups excluding carboxylic acids is 1. The van der Waals surface area contributed by atoms with Gasteiger partial charge in [0.25, 0.3) is 0 Å². The van der Waals surface area contributed by atoms with Crippen LogP contribution >= 0.6 is 0 Å². The van der Waals surface area contributed by atoms with Gasteiger partial charge in [-0.2, -0.15) is 0 Å². The van der Waals surface area contributed by atoms with E-state index >= 15 is 0 Å². The molecule has 4 nitrogen and oxygen atoms in total. The largest absolute Gasteiger partial charge is 0.480 e. The number of amides is 1. The van der Waals surface area contributed by atoms with Crippen molar-refractivity contribution in [2.45, 2.75) is 38.6 Å². The Morgan fingerprint density at radius 3 is 2.35 bits per heavy atom. The summed E-state index contributed by atoms with van der Waals surface area (Å²) in [5, 5.41) is 9.02. The molecule has 1 aromatic rings. The molecule has 0 spiro atoms. The first-order valence-corrected chi connectivity index (χ1v) is 7.21. The zero-order valence-corrected chi connectivity index (χ0v) is 11.6. The number of nitrogens with zero attached hydrogens (tertiary/aromatic N) is 1. The van der Waals surface area contributed by atoms with Gasteiger partial charge in [-0.3, -0.25) is 9.59 Å². The van der Waals surface area contributed by atoms with Gasteiger partial charge in [0.2, 0.25) is 5.91 Å². The van der Waals surface area contributed by atoms with Crippen LogP contribution in [0.25, 0.3) is 0 Å². The fraction of sp³-hybridized carbons (Fsp3) is 0.500. The van der Waals surface area contributed by atoms with Crippen molar-refractivity contribution in [1.82, 2.24) is 4.90 Å². The first-order chi connectivity index (χ1) is 9.66. The first kappa shape index (κ1) is 14.6. The molecular weight excluding hydrogens is 254 g/mol. The molecule has 1 amide bonds. The normalized spacial score (nSPS) is 15.8. The minimum Gasteiger partial charge on any atom is -0.480 e. The molecule has 1 N–H and O–H groups in total. The summed E-state index contributed by atoms with van der Waals surface area (Å²) in [6, 6.07) is 9.55. The molecule has 0 aromatic heterocycles. The van der Waals surface area contributed by atoms with Gasteiger partial charge >= 0.3 is 5.97 Å². The Labute approximate surface area is 119 Å². The molecule has 1 aliphatic rings. The average Bonchev–Trinajstić information content (AvgIpc) is 2.47. The van der Waals surface area contributed by atoms with Gasteiger partial charge in [0, 0.05) is 12.5 Å². The molecule has 0 radical (unpaired) electrons. The van der Waals surface area contributed by atoms with Crippen LogP contribution in [-0.2, 0) is 16.1 Å². The number of carboxylic acids is 1. The molecule has 4 heteroatoms. The Balaban J connectivity index is 2.05. The summed E-state index contributed by atoms with van der Waals surface area (Å²) in [5.74, 6) is -0.951. The van der Waals surface area contributed by atoms with Crippen molar-refractivity contribution < 1.29 is 14.7 Å². The smallest absolute Gasteiger partial charge is 0.323 e. The van der Waals surface area contributed by atoms with Crippen molar-refractivity contribution in [3.8, 4) is 0 Å². The molecular formula is C16H21NO3. The average molecular weight is 275 g/mol. The maximum atomic E-state index is 12.5. The minimum atomic E-state index is -0.954. The molecule has 0 aliphatic heterocycles. The lowest BCUT2D eigenvalue weighted by molar-refractivity contribution is -0.147. The highest BCUT2D eigenvalue weighted by molar-refractivity contribution is 5.83. The predicted molar refractivity (Wildman–Crippen MR) is 76.1 cm³/mol. The SMILES string of the molecule is O=C(O)CN(Cc1ccccc1)C(=O)C1CCCCC1. The third-order valence-electron chi connectivity index (χ3n) is 3.81. The number of carboxylic acid groups (broad SMARTS) is 1. The highest BCUT2D eigenvalue weighted by Crippen LogP contribution is 2.26. The Morgan fingerprint density at radius 2 is 1.75 bits per heavy atom. The van der Waals surface area contributed by atoms with Crippen LogP contribution in [0.4, 0.5) is 0 Å². The van der Waals surface area contributed by atoms with Crippen LogP contribution in [0.15, 0.2) is 30.3 Å². The van der Waals surface area contributed by atoms with E-state index in [-0.39, 0.29) is 18.4 Å². The Kier molecular flexibility index (Phi) is 5.16. The van der Waals surface area contributed by atoms with E-state index in [9.17, 15) is 9.59 Å². The van der Waals surface area contributed by atoms with E-state index in [4.69, 9.17) is 5.11 Å². The van der Waals surface area contributed by atoms with Crippen LogP contribution < -0.4 is 0 Å². The second-order valence-corrected chi connectivity index (χ2v) is 5.41. The molecule has 0 atom stereocenters. The van der Waals surface area contributed by atoms with Crippen LogP contribution in [0, 0.1) is 5.92 Å². The van der Waals surface area contributed by atoms with E-state index in [0.29, 0.717) is 6.54 Å². The van der Waals surface area contributed by atoms with Crippen LogP contribution in [0.5, 0.6) is 0 Å². The number of benzene rings is 1. The molecule has 1 aliphatic carbocycles. The van der Waals surface area contributed by atoms with Crippen molar-refractivity contribution in [3.05, 3.63) is 35.9 Å². The Morgan fingerprint density at radius 1 is 1.10 bits per heavy atom. The fourth-order valence-electron chi connectivity index (χ4n) is 2.79. The lowest BCUT2D eigenvalue weighted by Crippen LogP contribution is -2.39. The standard InChI is InChI=1S/C16H21NO3/c18-15(19)12-17(11-13-7-3-1-4-8-13)16(20)14-9-5-2-6-10-14/h1,3-4,7-8,14H,2,5-6,9-12H2,(H,18,19). The van der Waals surface area contributed by atoms with Gasteiger partial charge in [0.15, 0.2) is 0 Å². The highest BCUT2D eigenvalue weighted by atomic mass is 16.4. The van der Waals surface area contributed by atoms with E-state index in [1.54, 1.807) is 0 Å². The molecule has 1 aromatic carbocycles. The van der Waals surface area contributed by atoms with Gasteiger partial charge in [-0.15, -0.1) is 0 Å². The maximum Gasteiger partial charge on any atom is 0.323 e. The lowest BCUT2D eigenvalue weighted by Gasteiger charge is -2.28. The summed E-state index contributed by atoms with van der Waals surface area (Å²) in [7, 11) is 0. The molecule has 1 saturated carbocycles. The second kappa shape index (κ2) is 7.08. The molecule has 0 saturated heterocycles. The number of rotatable bonds is 5. The van der Waals surface area contributed by atoms with Gasteiger partial charge in [0.1, 0.15) is 6.54 Å². The van der Waals surface area contributed by atoms with Crippen LogP contribution in [-0.4, -0.2) is 28.4 Å². The summed E-state index contributed by atoms with van der Waals surface area (Å²) in [6.07, 6.45) is 5.11. The van der Waals surface area contributed by atoms with E-state index in [1.807, 2.05) is 30.3 Å². The predicted octanol–water partition coefficient (Wildman–Crippen LogP) is 2.68. The maximum absolute atomic E-state index is 12.5. The van der Waals surface area contributed by atoms with Gasteiger partial charge in [-0.1, -0.05) is 49.6 Å². The topological polar surface area (TPSA) is 57.6 Å². The van der Waals surface area contributed by atoms with Crippen LogP contribution in [0.3, 0.4) is 0 Å². The molecule has 2 rings (SSSR count). The molecule has 20 heavy (non-hydrogen) atoms. The third-order valence-corrected chi connectivity index (χ3v) is 3.81. The molecule has 0 unspecified atom stereocenters. The van der Waals surface area contributed by atoms with Gasteiger partial charge in [0.05, 0.1) is 0 Å². The number of hydrogen-bond donors (Lipinski definition) is 1. The van der Waals surface area contributed by atoms with E-state index in [0.717, 1.165) is 31.2 Å². The zero-order valence-electron chi connectivity index (χ0n) is 11.6. The van der Waals surface area contributed by atoms with Crippen molar-refractivity contribution in [2.24, 2.45) is 5.92 Å². The third kappa shape index (κ3) is 4.08. The van der Waals surface area contributed by atoms with Crippen molar-refractivity contribution in [1.29, 1.82) is 0 Å². The zero-order chi connectivity index (χ0) is 14.4. The monoisotopic (exact) mass is 275 g/mol. The summed E-state index contributed by atoms with van der Waals surface area (Å²) in [6.45, 7) is 0.159. The van der Waals surface area contributed by atoms with E-state index in [1.165, 1.54) is 11.3 Å². The molecule has 0 heterocycles. The summed E-state index contributed by atoms with van der Waals surface area (Å²) in [4.78, 5) is 25.0. The Bertz CT molecular complexity index is 452. The molecule has 1 fully saturated rings. The number of hydrogen-bond acceptors (Lipinski definition) is 2. The van der Waals surface area contributed by atoms with Gasteiger partial charge < -0.3 is 10.0 Å². The van der Waals surface area contributed by atoms with Crippen molar-refractivity contribution in [2.75, 3.05) is 6.54 Å².